The van der Waals surface area contributed by atoms with Gasteiger partial charge in [-0.2, -0.15) is 10.4 Å². The van der Waals surface area contributed by atoms with Crippen LogP contribution >= 0.6 is 0 Å². The average Bonchev–Trinajstić information content (AvgIpc) is 3.34. The number of fused-ring (bicyclic) bond motifs is 1. The van der Waals surface area contributed by atoms with Gasteiger partial charge in [0.2, 0.25) is 11.8 Å². The van der Waals surface area contributed by atoms with Crippen molar-refractivity contribution < 1.29 is 19.1 Å². The fourth-order valence-electron chi connectivity index (χ4n) is 3.27. The Morgan fingerprint density at radius 2 is 2.21 bits per heavy atom. The second-order valence-electron chi connectivity index (χ2n) is 6.42. The lowest BCUT2D eigenvalue weighted by Gasteiger charge is -2.22. The smallest absolute Gasteiger partial charge is 0.335 e. The SMILES string of the molecule is Cc1nn(-c2cccc(C(=O)O)c2)c2c1C(/C=C/c1ccco1)C(C#N)=C(N)O2. The van der Waals surface area contributed by atoms with Gasteiger partial charge in [-0.1, -0.05) is 12.1 Å². The quantitative estimate of drug-likeness (QED) is 0.701. The zero-order valence-electron chi connectivity index (χ0n) is 15.4. The number of carboxylic acids is 1. The van der Waals surface area contributed by atoms with Crippen molar-refractivity contribution in [2.75, 3.05) is 0 Å². The Hall–Kier alpha value is -4.25. The van der Waals surface area contributed by atoms with Crippen molar-refractivity contribution in [2.45, 2.75) is 12.8 Å². The number of allylic oxidation sites excluding steroid dienone is 2. The molecule has 29 heavy (non-hydrogen) atoms. The molecule has 0 amide bonds. The van der Waals surface area contributed by atoms with Gasteiger partial charge in [0.1, 0.15) is 17.4 Å². The summed E-state index contributed by atoms with van der Waals surface area (Å²) >= 11 is 0. The van der Waals surface area contributed by atoms with Crippen molar-refractivity contribution in [3.8, 4) is 17.6 Å². The standard InChI is InChI=1S/C21H16N4O4/c1-12-18-16(8-7-15-6-3-9-28-15)17(11-22)19(23)29-20(18)25(24-12)14-5-2-4-13(10-14)21(26)27/h2-10,16H,23H2,1H3,(H,26,27)/b8-7+. The molecule has 0 fully saturated rings. The molecule has 1 aromatic carbocycles. The van der Waals surface area contributed by atoms with Crippen LogP contribution in [0, 0.1) is 18.3 Å². The zero-order chi connectivity index (χ0) is 20.5. The van der Waals surface area contributed by atoms with Crippen LogP contribution in [0.15, 0.2) is 64.6 Å². The molecule has 0 saturated carbocycles. The predicted molar refractivity (Wildman–Crippen MR) is 103 cm³/mol. The highest BCUT2D eigenvalue weighted by Crippen LogP contribution is 2.42. The lowest BCUT2D eigenvalue weighted by molar-refractivity contribution is 0.0697. The summed E-state index contributed by atoms with van der Waals surface area (Å²) in [5.74, 6) is -0.574. The molecule has 0 saturated heterocycles. The number of carbonyl (C=O) groups is 1. The van der Waals surface area contributed by atoms with Crippen LogP contribution in [0.4, 0.5) is 0 Å². The zero-order valence-corrected chi connectivity index (χ0v) is 15.4. The minimum Gasteiger partial charge on any atom is -0.478 e. The van der Waals surface area contributed by atoms with E-state index in [0.717, 1.165) is 0 Å². The van der Waals surface area contributed by atoms with Gasteiger partial charge in [-0.25, -0.2) is 9.48 Å². The molecule has 4 rings (SSSR count). The maximum absolute atomic E-state index is 11.3. The molecule has 1 unspecified atom stereocenters. The van der Waals surface area contributed by atoms with E-state index in [2.05, 4.69) is 11.2 Å². The first-order chi connectivity index (χ1) is 14.0. The first-order valence-corrected chi connectivity index (χ1v) is 8.72. The number of rotatable bonds is 4. The van der Waals surface area contributed by atoms with Crippen LogP contribution in [-0.4, -0.2) is 20.9 Å². The van der Waals surface area contributed by atoms with Gasteiger partial charge in [0.15, 0.2) is 0 Å². The van der Waals surface area contributed by atoms with Crippen LogP contribution in [0.5, 0.6) is 5.88 Å². The van der Waals surface area contributed by atoms with E-state index in [4.69, 9.17) is 14.9 Å². The molecular formula is C21H16N4O4. The molecule has 0 bridgehead atoms. The predicted octanol–water partition coefficient (Wildman–Crippen LogP) is 3.36. The number of furan rings is 1. The second kappa shape index (κ2) is 7.05. The molecule has 3 aromatic rings. The highest BCUT2D eigenvalue weighted by molar-refractivity contribution is 5.88. The van der Waals surface area contributed by atoms with Gasteiger partial charge >= 0.3 is 5.97 Å². The maximum Gasteiger partial charge on any atom is 0.335 e. The second-order valence-corrected chi connectivity index (χ2v) is 6.42. The van der Waals surface area contributed by atoms with Crippen LogP contribution in [-0.2, 0) is 0 Å². The van der Waals surface area contributed by atoms with Crippen molar-refractivity contribution >= 4 is 12.0 Å². The third-order valence-corrected chi connectivity index (χ3v) is 4.61. The Kier molecular flexibility index (Phi) is 4.41. The highest BCUT2D eigenvalue weighted by Gasteiger charge is 2.33. The Balaban J connectivity index is 1.85. The van der Waals surface area contributed by atoms with E-state index in [1.807, 2.05) is 0 Å². The number of nitriles is 1. The maximum atomic E-state index is 11.3. The summed E-state index contributed by atoms with van der Waals surface area (Å²) in [5.41, 5.74) is 8.23. The van der Waals surface area contributed by atoms with Crippen molar-refractivity contribution in [3.05, 3.63) is 82.8 Å². The van der Waals surface area contributed by atoms with E-state index >= 15 is 0 Å². The lowest BCUT2D eigenvalue weighted by Crippen LogP contribution is -2.20. The minimum atomic E-state index is -1.05. The number of aromatic carboxylic acids is 1. The van der Waals surface area contributed by atoms with Gasteiger partial charge < -0.3 is 20.0 Å². The molecule has 8 nitrogen and oxygen atoms in total. The molecule has 3 N–H and O–H groups in total. The Morgan fingerprint density at radius 3 is 2.90 bits per heavy atom. The molecule has 1 atom stereocenters. The summed E-state index contributed by atoms with van der Waals surface area (Å²) in [5, 5.41) is 23.4. The van der Waals surface area contributed by atoms with Gasteiger partial charge in [0.05, 0.1) is 34.7 Å². The van der Waals surface area contributed by atoms with Crippen LogP contribution in [0.25, 0.3) is 11.8 Å². The molecule has 0 radical (unpaired) electrons. The van der Waals surface area contributed by atoms with E-state index in [-0.39, 0.29) is 17.0 Å². The van der Waals surface area contributed by atoms with E-state index in [9.17, 15) is 15.2 Å². The normalized spacial score (nSPS) is 15.8. The topological polar surface area (TPSA) is 127 Å². The molecule has 2 aromatic heterocycles. The summed E-state index contributed by atoms with van der Waals surface area (Å²) in [6.45, 7) is 1.80. The van der Waals surface area contributed by atoms with E-state index < -0.39 is 11.9 Å². The average molecular weight is 388 g/mol. The molecular weight excluding hydrogens is 372 g/mol. The monoisotopic (exact) mass is 388 g/mol. The summed E-state index contributed by atoms with van der Waals surface area (Å²) < 4.78 is 12.6. The fourth-order valence-corrected chi connectivity index (χ4v) is 3.27. The molecule has 0 aliphatic carbocycles. The van der Waals surface area contributed by atoms with Gasteiger partial charge in [-0.15, -0.1) is 0 Å². The minimum absolute atomic E-state index is 0.0235. The molecule has 1 aliphatic rings. The first kappa shape index (κ1) is 18.1. The number of hydrogen-bond donors (Lipinski definition) is 2. The number of aromatic nitrogens is 2. The molecule has 3 heterocycles. The number of ether oxygens (including phenoxy) is 1. The summed E-state index contributed by atoms with van der Waals surface area (Å²) in [7, 11) is 0. The number of benzene rings is 1. The number of aryl methyl sites for hydroxylation is 1. The third kappa shape index (κ3) is 3.15. The summed E-state index contributed by atoms with van der Waals surface area (Å²) in [6, 6.07) is 12.0. The molecule has 1 aliphatic heterocycles. The van der Waals surface area contributed by atoms with Crippen molar-refractivity contribution in [1.29, 1.82) is 5.26 Å². The van der Waals surface area contributed by atoms with Crippen molar-refractivity contribution in [3.63, 3.8) is 0 Å². The molecule has 144 valence electrons. The third-order valence-electron chi connectivity index (χ3n) is 4.61. The van der Waals surface area contributed by atoms with Gasteiger partial charge in [-0.3, -0.25) is 0 Å². The van der Waals surface area contributed by atoms with Crippen LogP contribution in [0.2, 0.25) is 0 Å². The van der Waals surface area contributed by atoms with E-state index in [1.54, 1.807) is 49.6 Å². The van der Waals surface area contributed by atoms with Crippen molar-refractivity contribution in [1.82, 2.24) is 9.78 Å². The lowest BCUT2D eigenvalue weighted by atomic mass is 9.90. The first-order valence-electron chi connectivity index (χ1n) is 8.72. The van der Waals surface area contributed by atoms with Crippen molar-refractivity contribution in [2.24, 2.45) is 5.73 Å². The van der Waals surface area contributed by atoms with E-state index in [1.165, 1.54) is 16.8 Å². The molecule has 8 heteroatoms. The fraction of sp³-hybridized carbons (Fsp3) is 0.0952. The highest BCUT2D eigenvalue weighted by atomic mass is 16.5. The number of hydrogen-bond acceptors (Lipinski definition) is 6. The Labute approximate surface area is 165 Å². The Bertz CT molecular complexity index is 1200. The van der Waals surface area contributed by atoms with Gasteiger partial charge in [0.25, 0.3) is 0 Å². The van der Waals surface area contributed by atoms with Crippen LogP contribution in [0.1, 0.15) is 33.3 Å². The van der Waals surface area contributed by atoms with Gasteiger partial charge in [0, 0.05) is 0 Å². The van der Waals surface area contributed by atoms with Crippen LogP contribution < -0.4 is 10.5 Å². The van der Waals surface area contributed by atoms with E-state index in [0.29, 0.717) is 28.6 Å². The van der Waals surface area contributed by atoms with Crippen LogP contribution in [0.3, 0.4) is 0 Å². The largest absolute Gasteiger partial charge is 0.478 e. The number of nitrogens with zero attached hydrogens (tertiary/aromatic N) is 3. The Morgan fingerprint density at radius 1 is 1.38 bits per heavy atom. The number of nitrogens with two attached hydrogens (primary N) is 1. The number of carboxylic acid groups (broad SMARTS) is 1. The van der Waals surface area contributed by atoms with Gasteiger partial charge in [-0.05, 0) is 43.3 Å². The molecule has 0 spiro atoms. The summed E-state index contributed by atoms with van der Waals surface area (Å²) in [4.78, 5) is 11.3. The summed E-state index contributed by atoms with van der Waals surface area (Å²) in [6.07, 6.45) is 5.12.